The Labute approximate surface area is 98.4 Å². The first-order chi connectivity index (χ1) is 7.84. The number of rotatable bonds is 1. The van der Waals surface area contributed by atoms with E-state index in [1.54, 1.807) is 6.34 Å². The van der Waals surface area contributed by atoms with Gasteiger partial charge in [-0.15, -0.1) is 0 Å². The zero-order valence-electron chi connectivity index (χ0n) is 8.52. The summed E-state index contributed by atoms with van der Waals surface area (Å²) in [5, 5.41) is 3.90. The molecule has 1 aromatic carbocycles. The summed E-state index contributed by atoms with van der Waals surface area (Å²) >= 11 is 5.98. The maximum Gasteiger partial charge on any atom is 0.120 e. The van der Waals surface area contributed by atoms with Crippen molar-refractivity contribution in [3.63, 3.8) is 0 Å². The molecular weight excluding hydrogens is 222 g/mol. The van der Waals surface area contributed by atoms with Gasteiger partial charge in [0.05, 0.1) is 12.9 Å². The fourth-order valence-corrected chi connectivity index (χ4v) is 2.04. The quantitative estimate of drug-likeness (QED) is 0.803. The van der Waals surface area contributed by atoms with Gasteiger partial charge < -0.3 is 9.88 Å². The number of nitrogens with one attached hydrogen (secondary N) is 1. The molecule has 3 nitrogen and oxygen atoms in total. The fourth-order valence-electron chi connectivity index (χ4n) is 1.85. The summed E-state index contributed by atoms with van der Waals surface area (Å²) in [6, 6.07) is 9.85. The molecule has 0 fully saturated rings. The molecule has 4 heteroatoms. The number of aromatic nitrogens is 1. The maximum absolute atomic E-state index is 5.98. The highest BCUT2D eigenvalue weighted by molar-refractivity contribution is 6.30. The second-order valence-corrected chi connectivity index (χ2v) is 4.09. The number of fused-ring (bicyclic) bond motifs is 1. The van der Waals surface area contributed by atoms with E-state index in [9.17, 15) is 0 Å². The molecule has 0 saturated heterocycles. The van der Waals surface area contributed by atoms with E-state index in [0.717, 1.165) is 23.1 Å². The topological polar surface area (TPSA) is 29.3 Å². The summed E-state index contributed by atoms with van der Waals surface area (Å²) in [6.45, 7) is 0.732. The number of hydrogen-bond donors (Lipinski definition) is 1. The first kappa shape index (κ1) is 9.48. The molecular formula is C12H10ClN3. The monoisotopic (exact) mass is 231 g/mol. The van der Waals surface area contributed by atoms with Crippen molar-refractivity contribution in [1.29, 1.82) is 0 Å². The van der Waals surface area contributed by atoms with Crippen molar-refractivity contribution < 1.29 is 0 Å². The lowest BCUT2D eigenvalue weighted by Crippen LogP contribution is -2.08. The Morgan fingerprint density at radius 3 is 3.12 bits per heavy atom. The van der Waals surface area contributed by atoms with Gasteiger partial charge in [0.15, 0.2) is 0 Å². The molecule has 0 bridgehead atoms. The van der Waals surface area contributed by atoms with Crippen LogP contribution in [0.5, 0.6) is 0 Å². The molecule has 0 spiro atoms. The first-order valence-corrected chi connectivity index (χ1v) is 5.43. The summed E-state index contributed by atoms with van der Waals surface area (Å²) < 4.78 is 2.08. The molecule has 1 aliphatic rings. The molecule has 1 aromatic heterocycles. The van der Waals surface area contributed by atoms with Gasteiger partial charge in [-0.3, -0.25) is 4.99 Å². The second-order valence-electron chi connectivity index (χ2n) is 3.65. The molecule has 0 amide bonds. The molecule has 1 aliphatic heterocycles. The van der Waals surface area contributed by atoms with Gasteiger partial charge in [0.25, 0.3) is 0 Å². The van der Waals surface area contributed by atoms with Crippen molar-refractivity contribution >= 4 is 23.8 Å². The van der Waals surface area contributed by atoms with E-state index in [2.05, 4.69) is 20.9 Å². The Balaban J connectivity index is 2.11. The Hall–Kier alpha value is -1.74. The zero-order valence-corrected chi connectivity index (χ0v) is 9.28. The number of hydrogen-bond acceptors (Lipinski definition) is 2. The average Bonchev–Trinajstić information content (AvgIpc) is 2.72. The van der Waals surface area contributed by atoms with E-state index in [1.165, 1.54) is 5.56 Å². The zero-order chi connectivity index (χ0) is 11.0. The minimum atomic E-state index is 0.732. The number of halogens is 1. The SMILES string of the molecule is Clc1cccc(-n2ccc3c2NC=NC3)c1. The van der Waals surface area contributed by atoms with Crippen molar-refractivity contribution in [3.05, 3.63) is 47.1 Å². The van der Waals surface area contributed by atoms with Crippen LogP contribution in [0, 0.1) is 0 Å². The Bertz CT molecular complexity index is 557. The van der Waals surface area contributed by atoms with Crippen molar-refractivity contribution in [2.24, 2.45) is 4.99 Å². The summed E-state index contributed by atoms with van der Waals surface area (Å²) in [5.74, 6) is 1.07. The van der Waals surface area contributed by atoms with Crippen LogP contribution < -0.4 is 5.32 Å². The van der Waals surface area contributed by atoms with Gasteiger partial charge in [0.2, 0.25) is 0 Å². The number of aliphatic imine (C=N–C) groups is 1. The van der Waals surface area contributed by atoms with E-state index in [-0.39, 0.29) is 0 Å². The molecule has 0 aliphatic carbocycles. The number of anilines is 1. The lowest BCUT2D eigenvalue weighted by atomic mass is 10.3. The minimum Gasteiger partial charge on any atom is -0.332 e. The van der Waals surface area contributed by atoms with Gasteiger partial charge in [0, 0.05) is 22.5 Å². The minimum absolute atomic E-state index is 0.732. The van der Waals surface area contributed by atoms with Crippen LogP contribution in [-0.4, -0.2) is 10.9 Å². The highest BCUT2D eigenvalue weighted by Gasteiger charge is 2.11. The first-order valence-electron chi connectivity index (χ1n) is 5.05. The van der Waals surface area contributed by atoms with Gasteiger partial charge >= 0.3 is 0 Å². The molecule has 80 valence electrons. The molecule has 2 aromatic rings. The maximum atomic E-state index is 5.98. The van der Waals surface area contributed by atoms with Crippen LogP contribution in [-0.2, 0) is 6.54 Å². The van der Waals surface area contributed by atoms with Gasteiger partial charge in [0.1, 0.15) is 5.82 Å². The van der Waals surface area contributed by atoms with Crippen LogP contribution in [0.15, 0.2) is 41.5 Å². The van der Waals surface area contributed by atoms with E-state index >= 15 is 0 Å². The largest absolute Gasteiger partial charge is 0.332 e. The van der Waals surface area contributed by atoms with Crippen LogP contribution in [0.2, 0.25) is 5.02 Å². The van der Waals surface area contributed by atoms with Crippen molar-refractivity contribution in [3.8, 4) is 5.69 Å². The van der Waals surface area contributed by atoms with Gasteiger partial charge in [-0.25, -0.2) is 0 Å². The summed E-state index contributed by atoms with van der Waals surface area (Å²) in [7, 11) is 0. The number of nitrogens with zero attached hydrogens (tertiary/aromatic N) is 2. The lowest BCUT2D eigenvalue weighted by molar-refractivity contribution is 1.02. The van der Waals surface area contributed by atoms with Crippen molar-refractivity contribution in [2.75, 3.05) is 5.32 Å². The van der Waals surface area contributed by atoms with E-state index in [4.69, 9.17) is 11.6 Å². The Morgan fingerprint density at radius 1 is 1.31 bits per heavy atom. The lowest BCUT2D eigenvalue weighted by Gasteiger charge is -2.13. The van der Waals surface area contributed by atoms with E-state index in [1.807, 2.05) is 30.5 Å². The Kier molecular flexibility index (Phi) is 2.18. The van der Waals surface area contributed by atoms with Crippen LogP contribution in [0.1, 0.15) is 5.56 Å². The molecule has 0 saturated carbocycles. The standard InChI is InChI=1S/C12H10ClN3/c13-10-2-1-3-11(6-10)16-5-4-9-7-14-8-15-12(9)16/h1-6,8H,7H2,(H,14,15). The second kappa shape index (κ2) is 3.68. The van der Waals surface area contributed by atoms with Crippen LogP contribution in [0.4, 0.5) is 5.82 Å². The van der Waals surface area contributed by atoms with Crippen molar-refractivity contribution in [2.45, 2.75) is 6.54 Å². The Morgan fingerprint density at radius 2 is 2.25 bits per heavy atom. The predicted molar refractivity (Wildman–Crippen MR) is 66.6 cm³/mol. The third kappa shape index (κ3) is 1.49. The van der Waals surface area contributed by atoms with Gasteiger partial charge in [-0.2, -0.15) is 0 Å². The molecule has 0 unspecified atom stereocenters. The molecule has 0 radical (unpaired) electrons. The van der Waals surface area contributed by atoms with E-state index < -0.39 is 0 Å². The normalized spacial score (nSPS) is 13.3. The summed E-state index contributed by atoms with van der Waals surface area (Å²) in [6.07, 6.45) is 3.75. The van der Waals surface area contributed by atoms with E-state index in [0.29, 0.717) is 0 Å². The smallest absolute Gasteiger partial charge is 0.120 e. The molecule has 2 heterocycles. The third-order valence-corrected chi connectivity index (χ3v) is 2.85. The van der Waals surface area contributed by atoms with Crippen LogP contribution in [0.3, 0.4) is 0 Å². The predicted octanol–water partition coefficient (Wildman–Crippen LogP) is 3.08. The average molecular weight is 232 g/mol. The fraction of sp³-hybridized carbons (Fsp3) is 0.0833. The molecule has 1 N–H and O–H groups in total. The van der Waals surface area contributed by atoms with Crippen LogP contribution >= 0.6 is 11.6 Å². The highest BCUT2D eigenvalue weighted by atomic mass is 35.5. The summed E-state index contributed by atoms with van der Waals surface area (Å²) in [5.41, 5.74) is 2.25. The van der Waals surface area contributed by atoms with Gasteiger partial charge in [-0.1, -0.05) is 17.7 Å². The summed E-state index contributed by atoms with van der Waals surface area (Å²) in [4.78, 5) is 4.17. The number of benzene rings is 1. The molecule has 3 rings (SSSR count). The molecule has 0 atom stereocenters. The van der Waals surface area contributed by atoms with Gasteiger partial charge in [-0.05, 0) is 24.3 Å². The third-order valence-electron chi connectivity index (χ3n) is 2.61. The van der Waals surface area contributed by atoms with Crippen molar-refractivity contribution in [1.82, 2.24) is 4.57 Å². The highest BCUT2D eigenvalue weighted by Crippen LogP contribution is 2.25. The molecule has 16 heavy (non-hydrogen) atoms. The van der Waals surface area contributed by atoms with Crippen LogP contribution in [0.25, 0.3) is 5.69 Å².